The predicted octanol–water partition coefficient (Wildman–Crippen LogP) is 4.47. The van der Waals surface area contributed by atoms with Crippen LogP contribution in [0, 0.1) is 5.92 Å². The second-order valence-corrected chi connectivity index (χ2v) is 9.17. The maximum absolute atomic E-state index is 13.9. The molecule has 1 aliphatic rings. The Hall–Kier alpha value is -2.97. The minimum atomic E-state index is -1.16. The van der Waals surface area contributed by atoms with Gasteiger partial charge in [0, 0.05) is 17.3 Å². The average Bonchev–Trinajstić information content (AvgIpc) is 3.56. The van der Waals surface area contributed by atoms with Gasteiger partial charge in [-0.3, -0.25) is 14.5 Å². The zero-order valence-electron chi connectivity index (χ0n) is 17.4. The Kier molecular flexibility index (Phi) is 7.02. The fourth-order valence-corrected chi connectivity index (χ4v) is 4.19. The molecule has 4 rings (SSSR count). The Bertz CT molecular complexity index is 1090. The number of ether oxygens (including phenoxy) is 2. The van der Waals surface area contributed by atoms with Crippen molar-refractivity contribution in [3.8, 4) is 5.75 Å². The number of hydrogen-bond acceptors (Lipinski definition) is 7. The summed E-state index contributed by atoms with van der Waals surface area (Å²) in [5.41, 5.74) is 0.499. The Morgan fingerprint density at radius 2 is 2.06 bits per heavy atom. The summed E-state index contributed by atoms with van der Waals surface area (Å²) in [7, 11) is 1.54. The quantitative estimate of drug-likeness (QED) is 0.338. The third kappa shape index (κ3) is 5.44. The van der Waals surface area contributed by atoms with Crippen LogP contribution in [0.2, 0.25) is 4.47 Å². The van der Waals surface area contributed by atoms with Crippen molar-refractivity contribution in [3.05, 3.63) is 69.8 Å². The van der Waals surface area contributed by atoms with E-state index in [-0.39, 0.29) is 6.54 Å². The van der Waals surface area contributed by atoms with Gasteiger partial charge in [-0.25, -0.2) is 9.97 Å². The molecule has 2 aromatic heterocycles. The molecule has 0 radical (unpaired) electrons. The van der Waals surface area contributed by atoms with Crippen LogP contribution in [-0.4, -0.2) is 35.6 Å². The number of pyridine rings is 1. The molecule has 0 spiro atoms. The topological polar surface area (TPSA) is 81.6 Å². The summed E-state index contributed by atoms with van der Waals surface area (Å²) in [6.45, 7) is 0.497. The Balaban J connectivity index is 1.69. The maximum atomic E-state index is 13.9. The van der Waals surface area contributed by atoms with Crippen molar-refractivity contribution < 1.29 is 19.1 Å². The van der Waals surface area contributed by atoms with Crippen molar-refractivity contribution in [1.29, 1.82) is 0 Å². The van der Waals surface area contributed by atoms with Crippen molar-refractivity contribution in [2.24, 2.45) is 5.92 Å². The number of benzene rings is 1. The van der Waals surface area contributed by atoms with Crippen LogP contribution in [-0.2, 0) is 20.9 Å². The van der Waals surface area contributed by atoms with E-state index in [4.69, 9.17) is 21.1 Å². The summed E-state index contributed by atoms with van der Waals surface area (Å²) in [5, 5.41) is 0. The molecule has 1 aliphatic carbocycles. The first kappa shape index (κ1) is 22.2. The van der Waals surface area contributed by atoms with Gasteiger partial charge < -0.3 is 9.47 Å². The number of nitrogens with zero attached hydrogens (tertiary/aromatic N) is 3. The van der Waals surface area contributed by atoms with Crippen LogP contribution < -0.4 is 9.64 Å². The van der Waals surface area contributed by atoms with E-state index in [1.54, 1.807) is 54.9 Å². The molecule has 166 valence electrons. The lowest BCUT2D eigenvalue weighted by molar-refractivity contribution is -0.148. The van der Waals surface area contributed by atoms with Gasteiger partial charge in [0.25, 0.3) is 0 Å². The number of amides is 1. The van der Waals surface area contributed by atoms with E-state index in [2.05, 4.69) is 9.97 Å². The van der Waals surface area contributed by atoms with Crippen molar-refractivity contribution >= 4 is 40.6 Å². The molecule has 1 amide bonds. The van der Waals surface area contributed by atoms with E-state index in [0.29, 0.717) is 34.1 Å². The Morgan fingerprint density at radius 1 is 1.22 bits per heavy atom. The second-order valence-electron chi connectivity index (χ2n) is 7.47. The van der Waals surface area contributed by atoms with Crippen molar-refractivity contribution in [3.63, 3.8) is 0 Å². The SMILES string of the molecule is COc1cccc(C(C(=O)OCC2CC2)C(=O)N(Cc2cnc(Cl)s2)c2ccccn2)c1. The van der Waals surface area contributed by atoms with Crippen LogP contribution >= 0.6 is 22.9 Å². The molecular weight excluding hydrogens is 450 g/mol. The number of anilines is 1. The van der Waals surface area contributed by atoms with Gasteiger partial charge >= 0.3 is 5.97 Å². The van der Waals surface area contributed by atoms with E-state index in [1.165, 1.54) is 23.3 Å². The monoisotopic (exact) mass is 471 g/mol. The average molecular weight is 472 g/mol. The van der Waals surface area contributed by atoms with Crippen LogP contribution in [0.1, 0.15) is 29.2 Å². The van der Waals surface area contributed by atoms with Crippen LogP contribution in [0.5, 0.6) is 5.75 Å². The number of esters is 1. The maximum Gasteiger partial charge on any atom is 0.323 e. The van der Waals surface area contributed by atoms with E-state index in [1.807, 2.05) is 0 Å². The van der Waals surface area contributed by atoms with Crippen molar-refractivity contribution in [2.45, 2.75) is 25.3 Å². The molecule has 2 heterocycles. The van der Waals surface area contributed by atoms with Gasteiger partial charge in [-0.05, 0) is 48.6 Å². The lowest BCUT2D eigenvalue weighted by Crippen LogP contribution is -2.39. The molecule has 7 nitrogen and oxygen atoms in total. The van der Waals surface area contributed by atoms with Gasteiger partial charge in [0.05, 0.1) is 20.3 Å². The van der Waals surface area contributed by atoms with Gasteiger partial charge in [-0.1, -0.05) is 29.8 Å². The van der Waals surface area contributed by atoms with Crippen LogP contribution in [0.15, 0.2) is 54.9 Å². The van der Waals surface area contributed by atoms with Crippen molar-refractivity contribution in [2.75, 3.05) is 18.6 Å². The summed E-state index contributed by atoms with van der Waals surface area (Å²) < 4.78 is 11.2. The summed E-state index contributed by atoms with van der Waals surface area (Å²) in [6.07, 6.45) is 5.29. The summed E-state index contributed by atoms with van der Waals surface area (Å²) in [6, 6.07) is 12.2. The van der Waals surface area contributed by atoms with Gasteiger partial charge in [0.2, 0.25) is 5.91 Å². The fraction of sp³-hybridized carbons (Fsp3) is 0.304. The zero-order valence-corrected chi connectivity index (χ0v) is 19.0. The van der Waals surface area contributed by atoms with Gasteiger partial charge in [-0.15, -0.1) is 11.3 Å². The third-order valence-corrected chi connectivity index (χ3v) is 6.20. The van der Waals surface area contributed by atoms with E-state index in [9.17, 15) is 9.59 Å². The normalized spacial score (nSPS) is 13.9. The molecular formula is C23H22ClN3O4S. The first-order valence-corrected chi connectivity index (χ1v) is 11.4. The van der Waals surface area contributed by atoms with Crippen LogP contribution in [0.25, 0.3) is 0 Å². The minimum absolute atomic E-state index is 0.177. The lowest BCUT2D eigenvalue weighted by Gasteiger charge is -2.26. The van der Waals surface area contributed by atoms with E-state index < -0.39 is 17.8 Å². The number of rotatable bonds is 9. The first-order valence-electron chi connectivity index (χ1n) is 10.2. The van der Waals surface area contributed by atoms with Crippen molar-refractivity contribution in [1.82, 2.24) is 9.97 Å². The molecule has 0 aliphatic heterocycles. The fourth-order valence-electron chi connectivity index (χ4n) is 3.22. The van der Waals surface area contributed by atoms with Crippen LogP contribution in [0.4, 0.5) is 5.82 Å². The number of methoxy groups -OCH3 is 1. The molecule has 1 unspecified atom stereocenters. The number of carbonyl (C=O) groups excluding carboxylic acids is 2. The summed E-state index contributed by atoms with van der Waals surface area (Å²) >= 11 is 7.26. The number of carbonyl (C=O) groups is 2. The second kappa shape index (κ2) is 10.1. The molecule has 0 saturated heterocycles. The molecule has 0 N–H and O–H groups in total. The smallest absolute Gasteiger partial charge is 0.323 e. The highest BCUT2D eigenvalue weighted by molar-refractivity contribution is 7.15. The van der Waals surface area contributed by atoms with E-state index in [0.717, 1.165) is 17.7 Å². The molecule has 1 saturated carbocycles. The molecule has 3 aromatic rings. The highest BCUT2D eigenvalue weighted by Gasteiger charge is 2.36. The Labute approximate surface area is 195 Å². The molecule has 1 atom stereocenters. The Morgan fingerprint density at radius 3 is 2.72 bits per heavy atom. The first-order chi connectivity index (χ1) is 15.5. The summed E-state index contributed by atoms with van der Waals surface area (Å²) in [4.78, 5) is 37.6. The zero-order chi connectivity index (χ0) is 22.5. The number of aromatic nitrogens is 2. The largest absolute Gasteiger partial charge is 0.497 e. The highest BCUT2D eigenvalue weighted by Crippen LogP contribution is 2.32. The molecule has 9 heteroatoms. The predicted molar refractivity (Wildman–Crippen MR) is 122 cm³/mol. The number of hydrogen-bond donors (Lipinski definition) is 0. The van der Waals surface area contributed by atoms with Gasteiger partial charge in [0.15, 0.2) is 10.4 Å². The molecule has 0 bridgehead atoms. The highest BCUT2D eigenvalue weighted by atomic mass is 35.5. The lowest BCUT2D eigenvalue weighted by atomic mass is 9.97. The van der Waals surface area contributed by atoms with Gasteiger partial charge in [-0.2, -0.15) is 0 Å². The summed E-state index contributed by atoms with van der Waals surface area (Å²) in [5.74, 6) is -0.833. The van der Waals surface area contributed by atoms with Crippen LogP contribution in [0.3, 0.4) is 0 Å². The standard InChI is InChI=1S/C23H22ClN3O4S/c1-30-17-6-4-5-16(11-17)20(22(29)31-14-15-8-9-15)21(28)27(19-7-2-3-10-25-19)13-18-12-26-23(24)32-18/h2-7,10-12,15,20H,8-9,13-14H2,1H3. The van der Waals surface area contributed by atoms with Gasteiger partial charge in [0.1, 0.15) is 11.6 Å². The van der Waals surface area contributed by atoms with E-state index >= 15 is 0 Å². The molecule has 1 fully saturated rings. The third-order valence-electron chi connectivity index (χ3n) is 5.10. The molecule has 32 heavy (non-hydrogen) atoms. The molecule has 1 aromatic carbocycles. The number of halogens is 1. The number of thiazole rings is 1. The minimum Gasteiger partial charge on any atom is -0.497 e.